The molecule has 0 spiro atoms. The van der Waals surface area contributed by atoms with E-state index in [0.29, 0.717) is 6.04 Å². The molecule has 142 valence electrons. The lowest BCUT2D eigenvalue weighted by Crippen LogP contribution is -2.20. The van der Waals surface area contributed by atoms with Crippen molar-refractivity contribution in [1.82, 2.24) is 5.32 Å². The van der Waals surface area contributed by atoms with Crippen LogP contribution < -0.4 is 10.1 Å². The highest BCUT2D eigenvalue weighted by molar-refractivity contribution is 5.29. The summed E-state index contributed by atoms with van der Waals surface area (Å²) in [5.41, 5.74) is 3.98. The molecule has 1 atom stereocenters. The molecule has 0 saturated carbocycles. The molecular formula is C24H35NO. The SMILES string of the molecule is CCCCCCCOc1ccc(C(CC)NCc2cccc(C)c2)cc1. The van der Waals surface area contributed by atoms with Crippen molar-refractivity contribution < 1.29 is 4.74 Å². The summed E-state index contributed by atoms with van der Waals surface area (Å²) >= 11 is 0. The Balaban J connectivity index is 1.79. The number of ether oxygens (including phenoxy) is 1. The largest absolute Gasteiger partial charge is 0.494 e. The van der Waals surface area contributed by atoms with Crippen molar-refractivity contribution in [2.45, 2.75) is 71.9 Å². The van der Waals surface area contributed by atoms with Crippen molar-refractivity contribution >= 4 is 0 Å². The monoisotopic (exact) mass is 353 g/mol. The molecule has 2 aromatic rings. The van der Waals surface area contributed by atoms with Crippen molar-refractivity contribution in [3.8, 4) is 5.75 Å². The molecule has 1 unspecified atom stereocenters. The van der Waals surface area contributed by atoms with Crippen LogP contribution >= 0.6 is 0 Å². The minimum absolute atomic E-state index is 0.374. The summed E-state index contributed by atoms with van der Waals surface area (Å²) in [6, 6.07) is 17.7. The van der Waals surface area contributed by atoms with E-state index in [2.05, 4.69) is 74.6 Å². The molecule has 1 N–H and O–H groups in total. The third kappa shape index (κ3) is 7.21. The zero-order valence-electron chi connectivity index (χ0n) is 16.8. The first-order valence-electron chi connectivity index (χ1n) is 10.2. The van der Waals surface area contributed by atoms with Crippen LogP contribution in [0.1, 0.15) is 75.1 Å². The zero-order valence-corrected chi connectivity index (χ0v) is 16.8. The number of nitrogens with one attached hydrogen (secondary N) is 1. The fourth-order valence-electron chi connectivity index (χ4n) is 3.25. The minimum atomic E-state index is 0.374. The Morgan fingerprint density at radius 2 is 1.69 bits per heavy atom. The van der Waals surface area contributed by atoms with E-state index in [1.54, 1.807) is 0 Å². The predicted molar refractivity (Wildman–Crippen MR) is 112 cm³/mol. The van der Waals surface area contributed by atoms with Crippen LogP contribution in [-0.4, -0.2) is 6.61 Å². The summed E-state index contributed by atoms with van der Waals surface area (Å²) < 4.78 is 5.88. The van der Waals surface area contributed by atoms with Crippen LogP contribution in [0.4, 0.5) is 0 Å². The summed E-state index contributed by atoms with van der Waals surface area (Å²) in [4.78, 5) is 0. The van der Waals surface area contributed by atoms with Crippen LogP contribution in [0.15, 0.2) is 48.5 Å². The normalized spacial score (nSPS) is 12.1. The van der Waals surface area contributed by atoms with Crippen molar-refractivity contribution in [2.24, 2.45) is 0 Å². The number of aryl methyl sites for hydroxylation is 1. The van der Waals surface area contributed by atoms with Crippen LogP contribution in [-0.2, 0) is 6.54 Å². The highest BCUT2D eigenvalue weighted by atomic mass is 16.5. The standard InChI is InChI=1S/C24H35NO/c1-4-6-7-8-9-17-26-23-15-13-22(14-16-23)24(5-2)25-19-21-12-10-11-20(3)18-21/h10-16,18,24-25H,4-9,17,19H2,1-3H3. The molecule has 0 radical (unpaired) electrons. The molecule has 0 aliphatic carbocycles. The van der Waals surface area contributed by atoms with Gasteiger partial charge in [0.2, 0.25) is 0 Å². The van der Waals surface area contributed by atoms with Crippen LogP contribution in [0.2, 0.25) is 0 Å². The van der Waals surface area contributed by atoms with Gasteiger partial charge >= 0.3 is 0 Å². The van der Waals surface area contributed by atoms with E-state index in [1.807, 2.05) is 0 Å². The van der Waals surface area contributed by atoms with Crippen LogP contribution in [0.3, 0.4) is 0 Å². The topological polar surface area (TPSA) is 21.3 Å². The van der Waals surface area contributed by atoms with E-state index in [0.717, 1.165) is 31.7 Å². The lowest BCUT2D eigenvalue weighted by Gasteiger charge is -2.18. The smallest absolute Gasteiger partial charge is 0.119 e. The summed E-state index contributed by atoms with van der Waals surface area (Å²) in [5, 5.41) is 3.68. The second-order valence-corrected chi connectivity index (χ2v) is 7.16. The predicted octanol–water partition coefficient (Wildman–Crippen LogP) is 6.59. The number of hydrogen-bond acceptors (Lipinski definition) is 2. The van der Waals surface area contributed by atoms with Crippen LogP contribution in [0, 0.1) is 6.92 Å². The Bertz CT molecular complexity index is 620. The molecule has 0 heterocycles. The molecule has 0 aliphatic rings. The molecule has 2 nitrogen and oxygen atoms in total. The molecule has 2 aromatic carbocycles. The van der Waals surface area contributed by atoms with Gasteiger partial charge in [-0.1, -0.05) is 81.5 Å². The van der Waals surface area contributed by atoms with Gasteiger partial charge in [-0.15, -0.1) is 0 Å². The lowest BCUT2D eigenvalue weighted by atomic mass is 10.0. The third-order valence-corrected chi connectivity index (χ3v) is 4.84. The summed E-state index contributed by atoms with van der Waals surface area (Å²) in [7, 11) is 0. The molecule has 26 heavy (non-hydrogen) atoms. The second kappa shape index (κ2) is 11.7. The molecule has 0 amide bonds. The zero-order chi connectivity index (χ0) is 18.6. The Hall–Kier alpha value is -1.80. The molecule has 2 rings (SSSR count). The minimum Gasteiger partial charge on any atom is -0.494 e. The van der Waals surface area contributed by atoms with Gasteiger partial charge in [0.25, 0.3) is 0 Å². The summed E-state index contributed by atoms with van der Waals surface area (Å²) in [6.07, 6.45) is 7.44. The van der Waals surface area contributed by atoms with Gasteiger partial charge in [-0.25, -0.2) is 0 Å². The van der Waals surface area contributed by atoms with E-state index >= 15 is 0 Å². The van der Waals surface area contributed by atoms with E-state index < -0.39 is 0 Å². The average molecular weight is 354 g/mol. The molecule has 2 heteroatoms. The molecule has 0 bridgehead atoms. The van der Waals surface area contributed by atoms with E-state index in [9.17, 15) is 0 Å². The highest BCUT2D eigenvalue weighted by Crippen LogP contribution is 2.21. The third-order valence-electron chi connectivity index (χ3n) is 4.84. The van der Waals surface area contributed by atoms with Gasteiger partial charge in [0.15, 0.2) is 0 Å². The van der Waals surface area contributed by atoms with Crippen LogP contribution in [0.25, 0.3) is 0 Å². The van der Waals surface area contributed by atoms with Gasteiger partial charge in [-0.05, 0) is 43.0 Å². The lowest BCUT2D eigenvalue weighted by molar-refractivity contribution is 0.304. The molecule has 0 aliphatic heterocycles. The quantitative estimate of drug-likeness (QED) is 0.435. The van der Waals surface area contributed by atoms with Gasteiger partial charge in [-0.2, -0.15) is 0 Å². The van der Waals surface area contributed by atoms with E-state index in [-0.39, 0.29) is 0 Å². The first kappa shape index (κ1) is 20.5. The molecule has 0 saturated heterocycles. The van der Waals surface area contributed by atoms with Crippen molar-refractivity contribution in [3.63, 3.8) is 0 Å². The number of benzene rings is 2. The van der Waals surface area contributed by atoms with E-state index in [1.165, 1.54) is 42.4 Å². The maximum absolute atomic E-state index is 5.88. The number of unbranched alkanes of at least 4 members (excludes halogenated alkanes) is 4. The fraction of sp³-hybridized carbons (Fsp3) is 0.500. The van der Waals surface area contributed by atoms with Crippen LogP contribution in [0.5, 0.6) is 5.75 Å². The first-order valence-corrected chi connectivity index (χ1v) is 10.2. The number of hydrogen-bond donors (Lipinski definition) is 1. The van der Waals surface area contributed by atoms with E-state index in [4.69, 9.17) is 4.74 Å². The molecular weight excluding hydrogens is 318 g/mol. The molecule has 0 aromatic heterocycles. The van der Waals surface area contributed by atoms with Crippen molar-refractivity contribution in [1.29, 1.82) is 0 Å². The first-order chi connectivity index (χ1) is 12.7. The van der Waals surface area contributed by atoms with Gasteiger partial charge in [-0.3, -0.25) is 0 Å². The van der Waals surface area contributed by atoms with Crippen molar-refractivity contribution in [3.05, 3.63) is 65.2 Å². The highest BCUT2D eigenvalue weighted by Gasteiger charge is 2.09. The molecule has 0 fully saturated rings. The average Bonchev–Trinajstić information content (AvgIpc) is 2.66. The summed E-state index contributed by atoms with van der Waals surface area (Å²) in [6.45, 7) is 8.34. The van der Waals surface area contributed by atoms with Gasteiger partial charge in [0.1, 0.15) is 5.75 Å². The Morgan fingerprint density at radius 1 is 0.923 bits per heavy atom. The van der Waals surface area contributed by atoms with Gasteiger partial charge in [0.05, 0.1) is 6.61 Å². The van der Waals surface area contributed by atoms with Crippen molar-refractivity contribution in [2.75, 3.05) is 6.61 Å². The fourth-order valence-corrected chi connectivity index (χ4v) is 3.25. The van der Waals surface area contributed by atoms with Gasteiger partial charge < -0.3 is 10.1 Å². The Kier molecular flexibility index (Phi) is 9.27. The number of rotatable bonds is 12. The van der Waals surface area contributed by atoms with Gasteiger partial charge in [0, 0.05) is 12.6 Å². The Labute approximate surface area is 160 Å². The second-order valence-electron chi connectivity index (χ2n) is 7.16. The maximum atomic E-state index is 5.88. The summed E-state index contributed by atoms with van der Waals surface area (Å²) in [5.74, 6) is 0.984. The maximum Gasteiger partial charge on any atom is 0.119 e. The Morgan fingerprint density at radius 3 is 2.38 bits per heavy atom.